The summed E-state index contributed by atoms with van der Waals surface area (Å²) >= 11 is 0. The zero-order valence-corrected chi connectivity index (χ0v) is 27.3. The van der Waals surface area contributed by atoms with Crippen molar-refractivity contribution in [3.8, 4) is 0 Å². The molecule has 0 atom stereocenters. The van der Waals surface area contributed by atoms with Crippen LogP contribution in [0.5, 0.6) is 0 Å². The molecule has 45 heavy (non-hydrogen) atoms. The highest BCUT2D eigenvalue weighted by Gasteiger charge is 2.14. The van der Waals surface area contributed by atoms with Crippen LogP contribution in [0.1, 0.15) is 58.3 Å². The van der Waals surface area contributed by atoms with Crippen LogP contribution in [0.3, 0.4) is 0 Å². The summed E-state index contributed by atoms with van der Waals surface area (Å²) in [5.74, 6) is -3.23. The van der Waals surface area contributed by atoms with Gasteiger partial charge in [-0.05, 0) is 6.42 Å². The number of ether oxygens (including phenoxy) is 10. The molecular formula is C31H58O14. The molecule has 0 bridgehead atoms. The first-order chi connectivity index (χ1) is 22.1. The highest BCUT2D eigenvalue weighted by Crippen LogP contribution is 2.04. The van der Waals surface area contributed by atoms with Crippen LogP contribution in [0.15, 0.2) is 0 Å². The maximum atomic E-state index is 11.4. The van der Waals surface area contributed by atoms with E-state index in [0.717, 1.165) is 13.0 Å². The number of esters is 1. The first-order valence-corrected chi connectivity index (χ1v) is 16.2. The van der Waals surface area contributed by atoms with Crippen molar-refractivity contribution in [1.82, 2.24) is 0 Å². The van der Waals surface area contributed by atoms with E-state index in [9.17, 15) is 14.4 Å². The number of carboxylic acid groups (broad SMARTS) is 1. The Morgan fingerprint density at radius 2 is 0.711 bits per heavy atom. The van der Waals surface area contributed by atoms with Crippen LogP contribution >= 0.6 is 0 Å². The maximum absolute atomic E-state index is 11.4. The fourth-order valence-corrected chi connectivity index (χ4v) is 3.45. The lowest BCUT2D eigenvalue weighted by Crippen LogP contribution is -2.17. The lowest BCUT2D eigenvalue weighted by atomic mass is 10.1. The SMILES string of the molecule is CCCCCCCCOCCOCCOCCOCCOCCOCCOCCOCCOCCOC(=O)CCC(=O)C(=O)O. The van der Waals surface area contributed by atoms with Gasteiger partial charge in [-0.1, -0.05) is 39.0 Å². The Morgan fingerprint density at radius 1 is 0.400 bits per heavy atom. The first kappa shape index (κ1) is 43.2. The van der Waals surface area contributed by atoms with E-state index in [1.807, 2.05) is 0 Å². The largest absolute Gasteiger partial charge is 0.476 e. The van der Waals surface area contributed by atoms with E-state index < -0.39 is 17.7 Å². The highest BCUT2D eigenvalue weighted by atomic mass is 16.6. The van der Waals surface area contributed by atoms with E-state index in [1.165, 1.54) is 32.1 Å². The predicted octanol–water partition coefficient (Wildman–Crippen LogP) is 2.47. The molecule has 0 rings (SSSR count). The van der Waals surface area contributed by atoms with Crippen LogP contribution in [0.25, 0.3) is 0 Å². The summed E-state index contributed by atoms with van der Waals surface area (Å²) in [6, 6.07) is 0. The van der Waals surface area contributed by atoms with E-state index in [2.05, 4.69) is 6.92 Å². The fourth-order valence-electron chi connectivity index (χ4n) is 3.45. The van der Waals surface area contributed by atoms with Crippen molar-refractivity contribution in [2.24, 2.45) is 0 Å². The summed E-state index contributed by atoms with van der Waals surface area (Å²) in [5, 5.41) is 8.44. The fraction of sp³-hybridized carbons (Fsp3) is 0.903. The molecule has 14 heteroatoms. The van der Waals surface area contributed by atoms with Gasteiger partial charge in [0.25, 0.3) is 0 Å². The average molecular weight is 655 g/mol. The molecule has 0 radical (unpaired) electrons. The minimum atomic E-state index is -1.56. The first-order valence-electron chi connectivity index (χ1n) is 16.2. The number of hydrogen-bond acceptors (Lipinski definition) is 13. The van der Waals surface area contributed by atoms with Gasteiger partial charge < -0.3 is 52.5 Å². The standard InChI is InChI=1S/C31H58O14/c1-2-3-4-5-6-7-10-36-11-12-37-13-14-38-15-16-39-17-18-40-19-20-41-21-22-42-23-24-43-25-26-44-27-28-45-30(33)9-8-29(32)31(34)35/h2-28H2,1H3,(H,34,35). The third-order valence-corrected chi connectivity index (χ3v) is 5.90. The molecule has 0 aromatic carbocycles. The average Bonchev–Trinajstić information content (AvgIpc) is 3.03. The maximum Gasteiger partial charge on any atom is 0.372 e. The van der Waals surface area contributed by atoms with E-state index in [1.54, 1.807) is 0 Å². The molecule has 0 heterocycles. The number of unbranched alkanes of at least 4 members (excludes halogenated alkanes) is 5. The van der Waals surface area contributed by atoms with E-state index >= 15 is 0 Å². The summed E-state index contributed by atoms with van der Waals surface area (Å²) in [7, 11) is 0. The van der Waals surface area contributed by atoms with Gasteiger partial charge in [-0.3, -0.25) is 9.59 Å². The van der Waals surface area contributed by atoms with E-state index in [0.29, 0.717) is 106 Å². The Labute approximate surface area is 268 Å². The zero-order chi connectivity index (χ0) is 32.9. The normalized spacial score (nSPS) is 11.2. The summed E-state index contributed by atoms with van der Waals surface area (Å²) in [6.45, 7) is 10.9. The molecule has 1 N–H and O–H groups in total. The lowest BCUT2D eigenvalue weighted by Gasteiger charge is -2.09. The van der Waals surface area contributed by atoms with Crippen LogP contribution in [-0.2, 0) is 61.8 Å². The minimum absolute atomic E-state index is 0.0186. The molecular weight excluding hydrogens is 596 g/mol. The molecule has 0 aliphatic heterocycles. The number of carbonyl (C=O) groups is 3. The predicted molar refractivity (Wildman–Crippen MR) is 164 cm³/mol. The number of hydrogen-bond donors (Lipinski definition) is 1. The second kappa shape index (κ2) is 36.7. The van der Waals surface area contributed by atoms with Gasteiger partial charge >= 0.3 is 11.9 Å². The summed E-state index contributed by atoms with van der Waals surface area (Å²) in [5.41, 5.74) is 0. The van der Waals surface area contributed by atoms with Crippen LogP contribution < -0.4 is 0 Å². The van der Waals surface area contributed by atoms with Crippen molar-refractivity contribution in [3.05, 3.63) is 0 Å². The summed E-state index contributed by atoms with van der Waals surface area (Å²) in [4.78, 5) is 32.6. The number of carbonyl (C=O) groups excluding carboxylic acids is 2. The van der Waals surface area contributed by atoms with Gasteiger partial charge in [0.1, 0.15) is 6.61 Å². The van der Waals surface area contributed by atoms with Crippen molar-refractivity contribution in [1.29, 1.82) is 0 Å². The van der Waals surface area contributed by atoms with Crippen molar-refractivity contribution in [2.45, 2.75) is 58.3 Å². The van der Waals surface area contributed by atoms with Crippen LogP contribution in [0, 0.1) is 0 Å². The van der Waals surface area contributed by atoms with E-state index in [-0.39, 0.29) is 26.1 Å². The number of ketones is 1. The van der Waals surface area contributed by atoms with Crippen molar-refractivity contribution < 1.29 is 66.9 Å². The van der Waals surface area contributed by atoms with Crippen molar-refractivity contribution in [2.75, 3.05) is 126 Å². The van der Waals surface area contributed by atoms with Gasteiger partial charge in [0.15, 0.2) is 0 Å². The summed E-state index contributed by atoms with van der Waals surface area (Å²) < 4.78 is 53.8. The molecule has 0 spiro atoms. The van der Waals surface area contributed by atoms with Gasteiger partial charge in [0, 0.05) is 13.0 Å². The molecule has 0 aliphatic rings. The van der Waals surface area contributed by atoms with E-state index in [4.69, 9.17) is 52.5 Å². The van der Waals surface area contributed by atoms with Crippen LogP contribution in [0.4, 0.5) is 0 Å². The number of Topliss-reactive ketones (excluding diaryl/α,β-unsaturated/α-hetero) is 1. The van der Waals surface area contributed by atoms with Gasteiger partial charge in [0.2, 0.25) is 5.78 Å². The quantitative estimate of drug-likeness (QED) is 0.0587. The second-order valence-corrected chi connectivity index (χ2v) is 9.73. The molecule has 0 aromatic rings. The van der Waals surface area contributed by atoms with Gasteiger partial charge in [-0.25, -0.2) is 4.79 Å². The molecule has 266 valence electrons. The van der Waals surface area contributed by atoms with Gasteiger partial charge in [-0.15, -0.1) is 0 Å². The second-order valence-electron chi connectivity index (χ2n) is 9.73. The zero-order valence-electron chi connectivity index (χ0n) is 27.3. The molecule has 0 fully saturated rings. The number of aliphatic carboxylic acids is 1. The Morgan fingerprint density at radius 3 is 1.07 bits per heavy atom. The summed E-state index contributed by atoms with van der Waals surface area (Å²) in [6.07, 6.45) is 6.96. The topological polar surface area (TPSA) is 164 Å². The highest BCUT2D eigenvalue weighted by molar-refractivity contribution is 6.32. The third-order valence-electron chi connectivity index (χ3n) is 5.90. The number of rotatable bonds is 38. The Kier molecular flexibility index (Phi) is 35.3. The Bertz CT molecular complexity index is 664. The van der Waals surface area contributed by atoms with Crippen molar-refractivity contribution in [3.63, 3.8) is 0 Å². The molecule has 0 saturated carbocycles. The number of carboxylic acids is 1. The van der Waals surface area contributed by atoms with Crippen molar-refractivity contribution >= 4 is 17.7 Å². The molecule has 0 amide bonds. The van der Waals surface area contributed by atoms with Crippen LogP contribution in [0.2, 0.25) is 0 Å². The molecule has 0 aliphatic carbocycles. The minimum Gasteiger partial charge on any atom is -0.476 e. The third kappa shape index (κ3) is 36.6. The monoisotopic (exact) mass is 654 g/mol. The Hall–Kier alpha value is -1.75. The van der Waals surface area contributed by atoms with Gasteiger partial charge in [-0.2, -0.15) is 0 Å². The Balaban J connectivity index is 3.12. The lowest BCUT2D eigenvalue weighted by molar-refractivity contribution is -0.151. The smallest absolute Gasteiger partial charge is 0.372 e. The molecule has 0 unspecified atom stereocenters. The molecule has 0 saturated heterocycles. The molecule has 14 nitrogen and oxygen atoms in total. The molecule has 0 aromatic heterocycles. The van der Waals surface area contributed by atoms with Crippen LogP contribution in [-0.4, -0.2) is 148 Å². The van der Waals surface area contributed by atoms with Gasteiger partial charge in [0.05, 0.1) is 119 Å².